The van der Waals surface area contributed by atoms with Crippen LogP contribution < -0.4 is 5.32 Å². The van der Waals surface area contributed by atoms with Crippen molar-refractivity contribution < 1.29 is 14.3 Å². The van der Waals surface area contributed by atoms with Gasteiger partial charge in [-0.3, -0.25) is 9.59 Å². The number of ether oxygens (including phenoxy) is 1. The summed E-state index contributed by atoms with van der Waals surface area (Å²) in [7, 11) is 1.58. The van der Waals surface area contributed by atoms with Gasteiger partial charge in [0.2, 0.25) is 0 Å². The number of nitrogens with zero attached hydrogens (tertiary/aromatic N) is 2. The first-order valence-corrected chi connectivity index (χ1v) is 8.23. The first-order valence-electron chi connectivity index (χ1n) is 8.23. The Balaban J connectivity index is 1.93. The lowest BCUT2D eigenvalue weighted by Crippen LogP contribution is -2.58. The van der Waals surface area contributed by atoms with E-state index >= 15 is 0 Å². The van der Waals surface area contributed by atoms with Gasteiger partial charge in [-0.25, -0.2) is 0 Å². The molecule has 1 aliphatic heterocycles. The number of carbonyl (C=O) groups excluding carboxylic acids is 2. The number of aryl methyl sites for hydroxylation is 1. The van der Waals surface area contributed by atoms with Crippen molar-refractivity contribution in [3.63, 3.8) is 0 Å². The molecule has 2 aromatic rings. The second-order valence-electron chi connectivity index (χ2n) is 6.23. The molecule has 2 amide bonds. The molecule has 0 bridgehead atoms. The van der Waals surface area contributed by atoms with E-state index in [9.17, 15) is 9.59 Å². The predicted molar refractivity (Wildman–Crippen MR) is 91.9 cm³/mol. The normalized spacial score (nSPS) is 21.0. The van der Waals surface area contributed by atoms with E-state index < -0.39 is 5.60 Å². The van der Waals surface area contributed by atoms with Crippen molar-refractivity contribution in [2.24, 2.45) is 0 Å². The Hall–Kier alpha value is -2.34. The highest BCUT2D eigenvalue weighted by atomic mass is 16.5. The summed E-state index contributed by atoms with van der Waals surface area (Å²) < 4.78 is 7.71. The van der Waals surface area contributed by atoms with Crippen molar-refractivity contribution in [2.45, 2.75) is 26.0 Å². The summed E-state index contributed by atoms with van der Waals surface area (Å²) in [5.74, 6) is -0.271. The average molecular weight is 329 g/mol. The number of carbonyl (C=O) groups is 2. The third-order valence-corrected chi connectivity index (χ3v) is 4.63. The second-order valence-corrected chi connectivity index (χ2v) is 6.23. The molecule has 1 saturated heterocycles. The Labute approximate surface area is 141 Å². The Morgan fingerprint density at radius 1 is 1.33 bits per heavy atom. The lowest BCUT2D eigenvalue weighted by molar-refractivity contribution is -0.153. The molecular weight excluding hydrogens is 306 g/mol. The fourth-order valence-electron chi connectivity index (χ4n) is 3.29. The standard InChI is InChI=1S/C18H23N3O3/c1-4-20-11-14(13-7-5-6-8-15(13)20)16(22)21-9-10-24-18(2,12-21)17(23)19-3/h5-8,11H,4,9-10,12H2,1-3H3,(H,19,23)/t18-/m0/s1. The van der Waals surface area contributed by atoms with Crippen LogP contribution in [0.1, 0.15) is 24.2 Å². The van der Waals surface area contributed by atoms with Crippen molar-refractivity contribution in [2.75, 3.05) is 26.7 Å². The van der Waals surface area contributed by atoms with Gasteiger partial charge < -0.3 is 19.5 Å². The molecule has 1 fully saturated rings. The van der Waals surface area contributed by atoms with E-state index in [-0.39, 0.29) is 18.4 Å². The molecule has 0 unspecified atom stereocenters. The van der Waals surface area contributed by atoms with E-state index in [1.807, 2.05) is 30.5 Å². The van der Waals surface area contributed by atoms with Gasteiger partial charge >= 0.3 is 0 Å². The van der Waals surface area contributed by atoms with Crippen LogP contribution in [-0.2, 0) is 16.1 Å². The highest BCUT2D eigenvalue weighted by molar-refractivity contribution is 6.07. The molecule has 128 valence electrons. The van der Waals surface area contributed by atoms with Gasteiger partial charge in [0.25, 0.3) is 11.8 Å². The molecule has 0 saturated carbocycles. The molecule has 1 aromatic heterocycles. The number of fused-ring (bicyclic) bond motifs is 1. The largest absolute Gasteiger partial charge is 0.362 e. The van der Waals surface area contributed by atoms with Crippen LogP contribution in [0.5, 0.6) is 0 Å². The maximum absolute atomic E-state index is 13.1. The molecule has 1 N–H and O–H groups in total. The number of benzene rings is 1. The highest BCUT2D eigenvalue weighted by Crippen LogP contribution is 2.25. The lowest BCUT2D eigenvalue weighted by atomic mass is 10.0. The summed E-state index contributed by atoms with van der Waals surface area (Å²) in [6.45, 7) is 5.65. The van der Waals surface area contributed by atoms with Crippen molar-refractivity contribution in [1.29, 1.82) is 0 Å². The van der Waals surface area contributed by atoms with Gasteiger partial charge in [-0.15, -0.1) is 0 Å². The van der Waals surface area contributed by atoms with Crippen LogP contribution in [0.4, 0.5) is 0 Å². The predicted octanol–water partition coefficient (Wildman–Crippen LogP) is 1.64. The van der Waals surface area contributed by atoms with Crippen molar-refractivity contribution >= 4 is 22.7 Å². The lowest BCUT2D eigenvalue weighted by Gasteiger charge is -2.39. The number of amides is 2. The number of likely N-dealkylation sites (N-methyl/N-ethyl adjacent to an activating group) is 1. The van der Waals surface area contributed by atoms with Crippen LogP contribution >= 0.6 is 0 Å². The van der Waals surface area contributed by atoms with Gasteiger partial charge in [0.15, 0.2) is 5.60 Å². The van der Waals surface area contributed by atoms with E-state index in [4.69, 9.17) is 4.74 Å². The van der Waals surface area contributed by atoms with E-state index in [2.05, 4.69) is 16.8 Å². The van der Waals surface area contributed by atoms with Gasteiger partial charge in [-0.05, 0) is 19.9 Å². The number of para-hydroxylation sites is 1. The van der Waals surface area contributed by atoms with Crippen molar-refractivity contribution in [3.8, 4) is 0 Å². The van der Waals surface area contributed by atoms with Gasteiger partial charge in [0.05, 0.1) is 18.7 Å². The summed E-state index contributed by atoms with van der Waals surface area (Å²) >= 11 is 0. The molecule has 1 aliphatic rings. The molecule has 6 heteroatoms. The number of hydrogen-bond acceptors (Lipinski definition) is 3. The molecular formula is C18H23N3O3. The summed E-state index contributed by atoms with van der Waals surface area (Å²) in [4.78, 5) is 26.9. The maximum atomic E-state index is 13.1. The first kappa shape index (κ1) is 16.5. The maximum Gasteiger partial charge on any atom is 0.256 e. The Morgan fingerprint density at radius 2 is 2.08 bits per heavy atom. The summed E-state index contributed by atoms with van der Waals surface area (Å²) in [6.07, 6.45) is 1.90. The smallest absolute Gasteiger partial charge is 0.256 e. The molecule has 0 spiro atoms. The first-order chi connectivity index (χ1) is 11.5. The zero-order valence-electron chi connectivity index (χ0n) is 14.3. The molecule has 1 aromatic carbocycles. The SMILES string of the molecule is CCn1cc(C(=O)N2CCO[C@](C)(C(=O)NC)C2)c2ccccc21. The van der Waals surface area contributed by atoms with Gasteiger partial charge in [0, 0.05) is 37.2 Å². The molecule has 0 radical (unpaired) electrons. The van der Waals surface area contributed by atoms with Gasteiger partial charge in [0.1, 0.15) is 0 Å². The second kappa shape index (κ2) is 6.28. The number of aromatic nitrogens is 1. The fraction of sp³-hybridized carbons (Fsp3) is 0.444. The Morgan fingerprint density at radius 3 is 2.79 bits per heavy atom. The third kappa shape index (κ3) is 2.67. The van der Waals surface area contributed by atoms with Gasteiger partial charge in [-0.2, -0.15) is 0 Å². The summed E-state index contributed by atoms with van der Waals surface area (Å²) in [6, 6.07) is 7.89. The molecule has 24 heavy (non-hydrogen) atoms. The minimum atomic E-state index is -1.01. The van der Waals surface area contributed by atoms with Gasteiger partial charge in [-0.1, -0.05) is 18.2 Å². The minimum Gasteiger partial charge on any atom is -0.362 e. The summed E-state index contributed by atoms with van der Waals surface area (Å²) in [5, 5.41) is 3.55. The number of rotatable bonds is 3. The Bertz CT molecular complexity index is 783. The third-order valence-electron chi connectivity index (χ3n) is 4.63. The Kier molecular flexibility index (Phi) is 4.32. The molecule has 6 nitrogen and oxygen atoms in total. The van der Waals surface area contributed by atoms with Crippen LogP contribution in [0.2, 0.25) is 0 Å². The zero-order chi connectivity index (χ0) is 17.3. The molecule has 2 heterocycles. The number of hydrogen-bond donors (Lipinski definition) is 1. The zero-order valence-corrected chi connectivity index (χ0v) is 14.3. The summed E-state index contributed by atoms with van der Waals surface area (Å²) in [5.41, 5.74) is 0.713. The minimum absolute atomic E-state index is 0.0585. The average Bonchev–Trinajstić information content (AvgIpc) is 2.99. The van der Waals surface area contributed by atoms with Crippen LogP contribution in [0.3, 0.4) is 0 Å². The van der Waals surface area contributed by atoms with Crippen LogP contribution in [0, 0.1) is 0 Å². The fourth-order valence-corrected chi connectivity index (χ4v) is 3.29. The molecule has 3 rings (SSSR count). The molecule has 0 aliphatic carbocycles. The van der Waals surface area contributed by atoms with Crippen molar-refractivity contribution in [1.82, 2.24) is 14.8 Å². The van der Waals surface area contributed by atoms with Crippen LogP contribution in [-0.4, -0.2) is 53.6 Å². The van der Waals surface area contributed by atoms with E-state index in [0.717, 1.165) is 17.4 Å². The quantitative estimate of drug-likeness (QED) is 0.931. The van der Waals surface area contributed by atoms with Crippen LogP contribution in [0.15, 0.2) is 30.5 Å². The molecule has 1 atom stereocenters. The van der Waals surface area contributed by atoms with Crippen molar-refractivity contribution in [3.05, 3.63) is 36.0 Å². The topological polar surface area (TPSA) is 63.6 Å². The highest BCUT2D eigenvalue weighted by Gasteiger charge is 2.40. The van der Waals surface area contributed by atoms with E-state index in [1.165, 1.54) is 0 Å². The number of nitrogens with one attached hydrogen (secondary N) is 1. The van der Waals surface area contributed by atoms with Crippen LogP contribution in [0.25, 0.3) is 10.9 Å². The monoisotopic (exact) mass is 329 g/mol. The van der Waals surface area contributed by atoms with E-state index in [0.29, 0.717) is 18.7 Å². The number of morpholine rings is 1. The van der Waals surface area contributed by atoms with E-state index in [1.54, 1.807) is 18.9 Å².